The standard InChI is InChI=1S/C66H117NO13/c1-3-5-7-9-11-13-15-17-19-21-23-25-26-27-28-30-31-33-35-37-39-41-43-45-47-49-55(70)54(53-77-65-63(76)61(74)64(57(52-69)79-65)80-66-62(75)60(73)59(72)56(51-68)78-66)67-58(71)50-48-46-44-42-40-38-36-34-32-29-24-22-20-18-16-14-12-10-8-6-4-2/h6,8,12,14,18,20,24,29,34,36,40,42,54-57,59-66,68-70,72-76H,3-5,7,9-11,13,15-17,19,21-23,25-28,30-33,35,37-39,41,43-53H2,1-2H3,(H,67,71)/b8-6-,14-12-,20-18-,29-24-,36-34-,42-40-. The molecular weight excluding hydrogens is 1010 g/mol. The second kappa shape index (κ2) is 50.9. The Morgan fingerprint density at radius 2 is 0.863 bits per heavy atom. The average Bonchev–Trinajstić information content (AvgIpc) is 3.46. The summed E-state index contributed by atoms with van der Waals surface area (Å²) in [6, 6.07) is -0.858. The molecule has 0 aliphatic carbocycles. The zero-order chi connectivity index (χ0) is 58.1. The highest BCUT2D eigenvalue weighted by molar-refractivity contribution is 5.76. The molecule has 80 heavy (non-hydrogen) atoms. The molecule has 0 radical (unpaired) electrons. The Kier molecular flexibility index (Phi) is 46.8. The van der Waals surface area contributed by atoms with Crippen molar-refractivity contribution in [2.45, 2.75) is 319 Å². The molecule has 14 nitrogen and oxygen atoms in total. The van der Waals surface area contributed by atoms with Gasteiger partial charge in [-0.3, -0.25) is 4.79 Å². The molecule has 0 saturated carbocycles. The number of nitrogens with one attached hydrogen (secondary N) is 1. The number of unbranched alkanes of at least 4 members (excludes halogenated alkanes) is 26. The second-order valence-corrected chi connectivity index (χ2v) is 22.5. The van der Waals surface area contributed by atoms with Gasteiger partial charge in [-0.2, -0.15) is 0 Å². The summed E-state index contributed by atoms with van der Waals surface area (Å²) in [6.07, 6.45) is 50.5. The molecule has 2 rings (SSSR count). The van der Waals surface area contributed by atoms with Gasteiger partial charge in [-0.15, -0.1) is 0 Å². The Morgan fingerprint density at radius 1 is 0.463 bits per heavy atom. The van der Waals surface area contributed by atoms with Crippen LogP contribution >= 0.6 is 0 Å². The van der Waals surface area contributed by atoms with Gasteiger partial charge in [0.2, 0.25) is 5.91 Å². The van der Waals surface area contributed by atoms with Gasteiger partial charge in [0.1, 0.15) is 48.8 Å². The molecule has 2 aliphatic heterocycles. The number of hydrogen-bond donors (Lipinski definition) is 9. The van der Waals surface area contributed by atoms with Crippen molar-refractivity contribution in [3.63, 3.8) is 0 Å². The Hall–Kier alpha value is -2.57. The van der Waals surface area contributed by atoms with Crippen molar-refractivity contribution in [2.75, 3.05) is 19.8 Å². The van der Waals surface area contributed by atoms with E-state index in [1.54, 1.807) is 0 Å². The van der Waals surface area contributed by atoms with E-state index < -0.39 is 86.8 Å². The topological polar surface area (TPSA) is 228 Å². The fourth-order valence-electron chi connectivity index (χ4n) is 10.3. The third kappa shape index (κ3) is 35.5. The lowest BCUT2D eigenvalue weighted by Crippen LogP contribution is -2.65. The monoisotopic (exact) mass is 1130 g/mol. The Balaban J connectivity index is 1.74. The number of aliphatic hydroxyl groups excluding tert-OH is 8. The van der Waals surface area contributed by atoms with Gasteiger partial charge in [-0.05, 0) is 64.2 Å². The largest absolute Gasteiger partial charge is 0.394 e. The molecule has 2 heterocycles. The van der Waals surface area contributed by atoms with Crippen molar-refractivity contribution in [1.29, 1.82) is 0 Å². The number of allylic oxidation sites excluding steroid dienone is 12. The first-order chi connectivity index (χ1) is 39.1. The number of ether oxygens (including phenoxy) is 4. The molecule has 2 saturated heterocycles. The van der Waals surface area contributed by atoms with Gasteiger partial charge in [0.05, 0.1) is 32.0 Å². The third-order valence-corrected chi connectivity index (χ3v) is 15.4. The maximum atomic E-state index is 13.3. The van der Waals surface area contributed by atoms with E-state index in [0.29, 0.717) is 12.8 Å². The van der Waals surface area contributed by atoms with Crippen LogP contribution in [0.4, 0.5) is 0 Å². The lowest BCUT2D eigenvalue weighted by molar-refractivity contribution is -0.359. The lowest BCUT2D eigenvalue weighted by atomic mass is 9.97. The minimum atomic E-state index is -1.79. The minimum absolute atomic E-state index is 0.246. The van der Waals surface area contributed by atoms with Gasteiger partial charge in [0, 0.05) is 6.42 Å². The molecule has 12 unspecified atom stereocenters. The molecule has 0 aromatic carbocycles. The predicted molar refractivity (Wildman–Crippen MR) is 323 cm³/mol. The van der Waals surface area contributed by atoms with Crippen molar-refractivity contribution < 1.29 is 64.6 Å². The number of rotatable bonds is 51. The maximum Gasteiger partial charge on any atom is 0.220 e. The van der Waals surface area contributed by atoms with Crippen LogP contribution in [0.25, 0.3) is 0 Å². The molecule has 0 aromatic heterocycles. The van der Waals surface area contributed by atoms with Gasteiger partial charge in [0.15, 0.2) is 12.6 Å². The van der Waals surface area contributed by atoms with Crippen molar-refractivity contribution in [3.8, 4) is 0 Å². The Labute approximate surface area is 485 Å². The van der Waals surface area contributed by atoms with Crippen LogP contribution in [0, 0.1) is 0 Å². The Bertz CT molecular complexity index is 1620. The van der Waals surface area contributed by atoms with E-state index in [1.807, 2.05) is 0 Å². The number of amides is 1. The fraction of sp³-hybridized carbons (Fsp3) is 0.803. The summed E-state index contributed by atoms with van der Waals surface area (Å²) in [5, 5.41) is 87.4. The van der Waals surface area contributed by atoms with Gasteiger partial charge in [0.25, 0.3) is 0 Å². The summed E-state index contributed by atoms with van der Waals surface area (Å²) in [6.45, 7) is 2.73. The smallest absolute Gasteiger partial charge is 0.220 e. The second-order valence-electron chi connectivity index (χ2n) is 22.5. The normalized spacial score (nSPS) is 24.7. The molecule has 0 bridgehead atoms. The van der Waals surface area contributed by atoms with E-state index in [9.17, 15) is 45.6 Å². The fourth-order valence-corrected chi connectivity index (χ4v) is 10.3. The molecule has 0 spiro atoms. The molecule has 12 atom stereocenters. The summed E-state index contributed by atoms with van der Waals surface area (Å²) in [5.41, 5.74) is 0. The summed E-state index contributed by atoms with van der Waals surface area (Å²) >= 11 is 0. The lowest BCUT2D eigenvalue weighted by Gasteiger charge is -2.46. The summed E-state index contributed by atoms with van der Waals surface area (Å²) in [4.78, 5) is 13.3. The predicted octanol–water partition coefficient (Wildman–Crippen LogP) is 11.9. The van der Waals surface area contributed by atoms with Gasteiger partial charge < -0.3 is 65.1 Å². The minimum Gasteiger partial charge on any atom is -0.394 e. The van der Waals surface area contributed by atoms with Crippen LogP contribution in [-0.2, 0) is 23.7 Å². The highest BCUT2D eigenvalue weighted by Crippen LogP contribution is 2.30. The number of hydrogen-bond acceptors (Lipinski definition) is 13. The van der Waals surface area contributed by atoms with Gasteiger partial charge in [-0.1, -0.05) is 247 Å². The van der Waals surface area contributed by atoms with E-state index in [-0.39, 0.29) is 18.9 Å². The first-order valence-electron chi connectivity index (χ1n) is 32.2. The quantitative estimate of drug-likeness (QED) is 0.0204. The van der Waals surface area contributed by atoms with E-state index in [2.05, 4.69) is 92.1 Å². The molecule has 2 aliphatic rings. The van der Waals surface area contributed by atoms with E-state index in [1.165, 1.54) is 135 Å². The van der Waals surface area contributed by atoms with Crippen LogP contribution in [0.15, 0.2) is 72.9 Å². The van der Waals surface area contributed by atoms with E-state index in [0.717, 1.165) is 77.0 Å². The highest BCUT2D eigenvalue weighted by atomic mass is 16.7. The summed E-state index contributed by atoms with van der Waals surface area (Å²) in [5.74, 6) is -0.249. The van der Waals surface area contributed by atoms with Crippen LogP contribution in [0.3, 0.4) is 0 Å². The van der Waals surface area contributed by atoms with Crippen molar-refractivity contribution in [1.82, 2.24) is 5.32 Å². The third-order valence-electron chi connectivity index (χ3n) is 15.4. The van der Waals surface area contributed by atoms with Crippen LogP contribution in [-0.4, -0.2) is 140 Å². The average molecular weight is 1130 g/mol. The zero-order valence-corrected chi connectivity index (χ0v) is 50.1. The van der Waals surface area contributed by atoms with Gasteiger partial charge in [-0.25, -0.2) is 0 Å². The maximum absolute atomic E-state index is 13.3. The van der Waals surface area contributed by atoms with Crippen LogP contribution < -0.4 is 5.32 Å². The van der Waals surface area contributed by atoms with Crippen molar-refractivity contribution in [2.24, 2.45) is 0 Å². The van der Waals surface area contributed by atoms with Crippen molar-refractivity contribution >= 4 is 5.91 Å². The van der Waals surface area contributed by atoms with Gasteiger partial charge >= 0.3 is 0 Å². The molecule has 14 heteroatoms. The number of carbonyl (C=O) groups excluding carboxylic acids is 1. The number of aliphatic hydroxyl groups is 8. The molecule has 2 fully saturated rings. The molecule has 464 valence electrons. The van der Waals surface area contributed by atoms with Crippen LogP contribution in [0.5, 0.6) is 0 Å². The van der Waals surface area contributed by atoms with E-state index >= 15 is 0 Å². The summed E-state index contributed by atoms with van der Waals surface area (Å²) in [7, 11) is 0. The van der Waals surface area contributed by atoms with E-state index in [4.69, 9.17) is 18.9 Å². The molecule has 0 aromatic rings. The molecule has 9 N–H and O–H groups in total. The first kappa shape index (κ1) is 73.5. The Morgan fingerprint density at radius 3 is 1.30 bits per heavy atom. The van der Waals surface area contributed by atoms with Crippen molar-refractivity contribution in [3.05, 3.63) is 72.9 Å². The zero-order valence-electron chi connectivity index (χ0n) is 50.1. The molecular formula is C66H117NO13. The first-order valence-corrected chi connectivity index (χ1v) is 32.2. The van der Waals surface area contributed by atoms with Crippen LogP contribution in [0.2, 0.25) is 0 Å². The SMILES string of the molecule is CC/C=C\C/C=C\C/C=C\C/C=C\C/C=C\C/C=C\CCCCC(=O)NC(COC1OC(CO)C(OC2OC(CO)C(O)C(O)C2O)C(O)C1O)C(O)CCCCCCCCCCCCCCCCCCCCCCCCCCC. The highest BCUT2D eigenvalue weighted by Gasteiger charge is 2.51. The number of carbonyl (C=O) groups is 1. The van der Waals surface area contributed by atoms with Crippen LogP contribution in [0.1, 0.15) is 245 Å². The summed E-state index contributed by atoms with van der Waals surface area (Å²) < 4.78 is 22.9. The molecule has 1 amide bonds.